The van der Waals surface area contributed by atoms with Gasteiger partial charge in [0.2, 0.25) is 15.9 Å². The summed E-state index contributed by atoms with van der Waals surface area (Å²) in [5, 5.41) is 10.2. The number of carboxylic acid groups (broad SMARTS) is 1. The molecule has 10 nitrogen and oxygen atoms in total. The molecule has 1 aliphatic rings. The Morgan fingerprint density at radius 1 is 0.880 bits per heavy atom. The van der Waals surface area contributed by atoms with Gasteiger partial charge in [-0.05, 0) is 54.0 Å². The Bertz CT molecular complexity index is 1910. The van der Waals surface area contributed by atoms with Gasteiger partial charge in [-0.2, -0.15) is 0 Å². The number of aromatic nitrogens is 1. The van der Waals surface area contributed by atoms with E-state index in [1.165, 1.54) is 11.9 Å². The Morgan fingerprint density at radius 2 is 1.52 bits per heavy atom. The molecule has 1 aliphatic carbocycles. The minimum absolute atomic E-state index is 0.0554. The first kappa shape index (κ1) is 36.9. The molecule has 12 heteroatoms. The first-order chi connectivity index (χ1) is 24.0. The fraction of sp³-hybridized carbons (Fsp3) is 0.395. The van der Waals surface area contributed by atoms with Gasteiger partial charge < -0.3 is 19.5 Å². The molecule has 1 saturated carbocycles. The van der Waals surface area contributed by atoms with E-state index >= 15 is 0 Å². The number of hydrogen-bond donors (Lipinski definition) is 1. The zero-order chi connectivity index (χ0) is 35.8. The Balaban J connectivity index is 1.65. The zero-order valence-corrected chi connectivity index (χ0v) is 30.2. The number of carbonyl (C=O) groups is 3. The summed E-state index contributed by atoms with van der Waals surface area (Å²) in [4.78, 5) is 42.1. The average molecular weight is 721 g/mol. The van der Waals surface area contributed by atoms with E-state index in [4.69, 9.17) is 11.6 Å². The van der Waals surface area contributed by atoms with E-state index in [9.17, 15) is 27.9 Å². The molecule has 3 aromatic carbocycles. The molecule has 0 saturated heterocycles. The lowest BCUT2D eigenvalue weighted by molar-refractivity contribution is -0.130. The lowest BCUT2D eigenvalue weighted by atomic mass is 9.82. The molecule has 1 aromatic heterocycles. The molecule has 266 valence electrons. The molecule has 1 fully saturated rings. The molecule has 1 heterocycles. The van der Waals surface area contributed by atoms with Crippen LogP contribution in [0.15, 0.2) is 78.9 Å². The molecular weight excluding hydrogens is 676 g/mol. The van der Waals surface area contributed by atoms with Crippen molar-refractivity contribution in [3.63, 3.8) is 0 Å². The summed E-state index contributed by atoms with van der Waals surface area (Å²) >= 11 is 5.87. The molecule has 0 spiro atoms. The number of nitrogens with zero attached hydrogens (tertiary/aromatic N) is 4. The number of halogens is 1. The normalized spacial score (nSPS) is 13.7. The van der Waals surface area contributed by atoms with Crippen LogP contribution in [-0.2, 0) is 27.9 Å². The number of likely N-dealkylation sites (N-methyl/N-ethyl adjacent to an activating group) is 2. The second-order valence-corrected chi connectivity index (χ2v) is 15.3. The van der Waals surface area contributed by atoms with Crippen molar-refractivity contribution in [2.24, 2.45) is 0 Å². The Labute approximate surface area is 299 Å². The van der Waals surface area contributed by atoms with Gasteiger partial charge in [0.15, 0.2) is 0 Å². The SMILES string of the molecule is CN(CCN(C)C(=O)Cn1c(-c2ccccc2)c(C2CCCCC2)c2ccc(C(=O)N(Cc3ccccc3)S(=O)(=O)CCCCl)cc21)C(=O)O. The van der Waals surface area contributed by atoms with Gasteiger partial charge in [0.05, 0.1) is 23.5 Å². The third-order valence-electron chi connectivity index (χ3n) is 9.50. The summed E-state index contributed by atoms with van der Waals surface area (Å²) in [6, 6.07) is 24.2. The highest BCUT2D eigenvalue weighted by atomic mass is 35.5. The number of hydrogen-bond acceptors (Lipinski definition) is 5. The van der Waals surface area contributed by atoms with Crippen molar-refractivity contribution in [3.05, 3.63) is 95.6 Å². The van der Waals surface area contributed by atoms with Crippen LogP contribution >= 0.6 is 11.6 Å². The summed E-state index contributed by atoms with van der Waals surface area (Å²) in [7, 11) is -0.914. The number of rotatable bonds is 14. The van der Waals surface area contributed by atoms with E-state index in [1.54, 1.807) is 43.4 Å². The van der Waals surface area contributed by atoms with E-state index in [2.05, 4.69) is 0 Å². The fourth-order valence-electron chi connectivity index (χ4n) is 6.70. The van der Waals surface area contributed by atoms with E-state index < -0.39 is 22.0 Å². The molecule has 0 unspecified atom stereocenters. The Kier molecular flexibility index (Phi) is 12.2. The number of amides is 3. The van der Waals surface area contributed by atoms with Gasteiger partial charge in [-0.25, -0.2) is 17.5 Å². The quantitative estimate of drug-likeness (QED) is 0.140. The van der Waals surface area contributed by atoms with Crippen molar-refractivity contribution in [2.75, 3.05) is 38.8 Å². The molecule has 0 atom stereocenters. The smallest absolute Gasteiger partial charge is 0.407 e. The van der Waals surface area contributed by atoms with Crippen molar-refractivity contribution in [1.29, 1.82) is 0 Å². The molecular formula is C38H45ClN4O6S. The first-order valence-electron chi connectivity index (χ1n) is 17.1. The van der Waals surface area contributed by atoms with Crippen molar-refractivity contribution in [1.82, 2.24) is 18.7 Å². The number of benzene rings is 3. The maximum atomic E-state index is 14.3. The van der Waals surface area contributed by atoms with Crippen LogP contribution in [0.2, 0.25) is 0 Å². The maximum absolute atomic E-state index is 14.3. The molecule has 3 amide bonds. The number of sulfonamides is 1. The van der Waals surface area contributed by atoms with Crippen LogP contribution in [-0.4, -0.2) is 88.9 Å². The summed E-state index contributed by atoms with van der Waals surface area (Å²) < 4.78 is 30.1. The first-order valence-corrected chi connectivity index (χ1v) is 19.2. The monoisotopic (exact) mass is 720 g/mol. The second-order valence-electron chi connectivity index (χ2n) is 13.0. The van der Waals surface area contributed by atoms with E-state index in [0.29, 0.717) is 11.1 Å². The van der Waals surface area contributed by atoms with Crippen molar-refractivity contribution < 1.29 is 27.9 Å². The predicted molar refractivity (Wildman–Crippen MR) is 197 cm³/mol. The predicted octanol–water partition coefficient (Wildman–Crippen LogP) is 7.03. The van der Waals surface area contributed by atoms with Gasteiger partial charge in [-0.1, -0.05) is 86.0 Å². The van der Waals surface area contributed by atoms with Crippen LogP contribution in [0.5, 0.6) is 0 Å². The van der Waals surface area contributed by atoms with E-state index in [1.807, 2.05) is 47.0 Å². The molecule has 50 heavy (non-hydrogen) atoms. The zero-order valence-electron chi connectivity index (χ0n) is 28.6. The lowest BCUT2D eigenvalue weighted by Gasteiger charge is -2.24. The number of carbonyl (C=O) groups excluding carboxylic acids is 2. The van der Waals surface area contributed by atoms with Crippen LogP contribution < -0.4 is 0 Å². The van der Waals surface area contributed by atoms with Gasteiger partial charge in [-0.15, -0.1) is 11.6 Å². The minimum atomic E-state index is -4.02. The largest absolute Gasteiger partial charge is 0.465 e. The standard InChI is InChI=1S/C38H45ClN4O6S/c1-40(22-23-41(2)38(46)47)34(44)27-42-33-25-31(37(45)43(50(48,49)24-12-21-39)26-28-13-6-3-7-14-28)19-20-32(33)35(29-15-8-4-9-16-29)36(42)30-17-10-5-11-18-30/h3,5-7,10-11,13-14,17-20,25,29H,4,8-9,12,15-16,21-24,26-27H2,1-2H3,(H,46,47). The van der Waals surface area contributed by atoms with Crippen molar-refractivity contribution in [2.45, 2.75) is 57.5 Å². The van der Waals surface area contributed by atoms with Gasteiger partial charge in [0, 0.05) is 44.0 Å². The summed E-state index contributed by atoms with van der Waals surface area (Å²) in [6.45, 7) is 0.173. The fourth-order valence-corrected chi connectivity index (χ4v) is 8.42. The average Bonchev–Trinajstić information content (AvgIpc) is 3.45. The van der Waals surface area contributed by atoms with Crippen LogP contribution in [0.25, 0.3) is 22.2 Å². The van der Waals surface area contributed by atoms with Crippen LogP contribution in [0.1, 0.15) is 65.9 Å². The molecule has 0 aliphatic heterocycles. The third kappa shape index (κ3) is 8.50. The topological polar surface area (TPSA) is 120 Å². The van der Waals surface area contributed by atoms with Crippen LogP contribution in [0.3, 0.4) is 0 Å². The molecule has 1 N–H and O–H groups in total. The van der Waals surface area contributed by atoms with E-state index in [-0.39, 0.29) is 61.6 Å². The van der Waals surface area contributed by atoms with Gasteiger partial charge in [0.25, 0.3) is 5.91 Å². The lowest BCUT2D eigenvalue weighted by Crippen LogP contribution is -2.38. The highest BCUT2D eigenvalue weighted by Crippen LogP contribution is 2.44. The molecule has 5 rings (SSSR count). The van der Waals surface area contributed by atoms with Crippen LogP contribution in [0, 0.1) is 0 Å². The van der Waals surface area contributed by atoms with Crippen molar-refractivity contribution in [3.8, 4) is 11.3 Å². The minimum Gasteiger partial charge on any atom is -0.465 e. The highest BCUT2D eigenvalue weighted by molar-refractivity contribution is 7.89. The second kappa shape index (κ2) is 16.6. The maximum Gasteiger partial charge on any atom is 0.407 e. The summed E-state index contributed by atoms with van der Waals surface area (Å²) in [5.74, 6) is -0.757. The van der Waals surface area contributed by atoms with Crippen LogP contribution in [0.4, 0.5) is 4.79 Å². The van der Waals surface area contributed by atoms with Gasteiger partial charge >= 0.3 is 6.09 Å². The highest BCUT2D eigenvalue weighted by Gasteiger charge is 2.31. The number of fused-ring (bicyclic) bond motifs is 1. The summed E-state index contributed by atoms with van der Waals surface area (Å²) in [5.41, 5.74) is 4.50. The Hall–Kier alpha value is -4.35. The van der Waals surface area contributed by atoms with E-state index in [0.717, 1.165) is 63.5 Å². The number of alkyl halides is 1. The van der Waals surface area contributed by atoms with Crippen molar-refractivity contribution >= 4 is 50.4 Å². The Morgan fingerprint density at radius 3 is 2.16 bits per heavy atom. The van der Waals surface area contributed by atoms with Gasteiger partial charge in [0.1, 0.15) is 6.54 Å². The van der Waals surface area contributed by atoms with Gasteiger partial charge in [-0.3, -0.25) is 9.59 Å². The molecule has 4 aromatic rings. The third-order valence-corrected chi connectivity index (χ3v) is 11.5. The molecule has 0 bridgehead atoms. The molecule has 0 radical (unpaired) electrons. The summed E-state index contributed by atoms with van der Waals surface area (Å²) in [6.07, 6.45) is 4.47.